The SMILES string of the molecule is CC(C)CSCc1noc(CC2CCCCC2N)n1. The summed E-state index contributed by atoms with van der Waals surface area (Å²) >= 11 is 1.86. The lowest BCUT2D eigenvalue weighted by Gasteiger charge is -2.27. The first-order valence-electron chi connectivity index (χ1n) is 7.30. The van der Waals surface area contributed by atoms with Gasteiger partial charge in [-0.15, -0.1) is 0 Å². The number of hydrogen-bond acceptors (Lipinski definition) is 5. The molecule has 1 aliphatic carbocycles. The van der Waals surface area contributed by atoms with Crippen molar-refractivity contribution in [3.05, 3.63) is 11.7 Å². The fourth-order valence-corrected chi connectivity index (χ4v) is 3.42. The lowest BCUT2D eigenvalue weighted by atomic mass is 9.83. The van der Waals surface area contributed by atoms with Crippen molar-refractivity contribution in [2.75, 3.05) is 5.75 Å². The second-order valence-corrected chi connectivity index (χ2v) is 6.96. The minimum atomic E-state index is 0.305. The van der Waals surface area contributed by atoms with Crippen LogP contribution in [0.4, 0.5) is 0 Å². The van der Waals surface area contributed by atoms with E-state index in [9.17, 15) is 0 Å². The monoisotopic (exact) mass is 283 g/mol. The van der Waals surface area contributed by atoms with Crippen LogP contribution in [0.2, 0.25) is 0 Å². The number of nitrogens with two attached hydrogens (primary N) is 1. The van der Waals surface area contributed by atoms with Crippen LogP contribution in [0.15, 0.2) is 4.52 Å². The van der Waals surface area contributed by atoms with E-state index in [2.05, 4.69) is 24.0 Å². The van der Waals surface area contributed by atoms with E-state index < -0.39 is 0 Å². The fraction of sp³-hybridized carbons (Fsp3) is 0.857. The van der Waals surface area contributed by atoms with Crippen molar-refractivity contribution in [1.82, 2.24) is 10.1 Å². The van der Waals surface area contributed by atoms with Gasteiger partial charge in [0, 0.05) is 12.5 Å². The largest absolute Gasteiger partial charge is 0.339 e. The maximum atomic E-state index is 6.15. The molecule has 1 heterocycles. The minimum absolute atomic E-state index is 0.305. The highest BCUT2D eigenvalue weighted by atomic mass is 32.2. The second kappa shape index (κ2) is 7.29. The van der Waals surface area contributed by atoms with E-state index in [0.29, 0.717) is 17.9 Å². The first-order valence-corrected chi connectivity index (χ1v) is 8.45. The van der Waals surface area contributed by atoms with Crippen LogP contribution in [-0.4, -0.2) is 21.9 Å². The molecule has 4 nitrogen and oxygen atoms in total. The molecule has 2 rings (SSSR count). The molecule has 1 aliphatic rings. The van der Waals surface area contributed by atoms with Crippen molar-refractivity contribution < 1.29 is 4.52 Å². The van der Waals surface area contributed by atoms with Crippen LogP contribution in [0.3, 0.4) is 0 Å². The molecule has 108 valence electrons. The molecule has 5 heteroatoms. The highest BCUT2D eigenvalue weighted by molar-refractivity contribution is 7.98. The highest BCUT2D eigenvalue weighted by Gasteiger charge is 2.24. The predicted molar refractivity (Wildman–Crippen MR) is 78.9 cm³/mol. The Morgan fingerprint density at radius 3 is 2.89 bits per heavy atom. The Hall–Kier alpha value is -0.550. The molecule has 1 saturated carbocycles. The molecule has 2 N–H and O–H groups in total. The molecule has 0 spiro atoms. The summed E-state index contributed by atoms with van der Waals surface area (Å²) in [5.41, 5.74) is 6.15. The van der Waals surface area contributed by atoms with Gasteiger partial charge in [0.1, 0.15) is 0 Å². The molecule has 19 heavy (non-hydrogen) atoms. The van der Waals surface area contributed by atoms with Gasteiger partial charge in [0.05, 0.1) is 5.75 Å². The number of thioether (sulfide) groups is 1. The van der Waals surface area contributed by atoms with Crippen molar-refractivity contribution >= 4 is 11.8 Å². The summed E-state index contributed by atoms with van der Waals surface area (Å²) in [5, 5.41) is 4.06. The van der Waals surface area contributed by atoms with Crippen molar-refractivity contribution in [3.8, 4) is 0 Å². The summed E-state index contributed by atoms with van der Waals surface area (Å²) in [7, 11) is 0. The van der Waals surface area contributed by atoms with Crippen LogP contribution < -0.4 is 5.73 Å². The van der Waals surface area contributed by atoms with E-state index in [1.807, 2.05) is 11.8 Å². The van der Waals surface area contributed by atoms with E-state index in [1.54, 1.807) is 0 Å². The summed E-state index contributed by atoms with van der Waals surface area (Å²) < 4.78 is 5.34. The fourth-order valence-electron chi connectivity index (χ4n) is 2.53. The molecule has 2 atom stereocenters. The zero-order valence-electron chi connectivity index (χ0n) is 12.0. The average molecular weight is 283 g/mol. The molecule has 2 unspecified atom stereocenters. The third-order valence-electron chi connectivity index (χ3n) is 3.60. The molecule has 1 aromatic rings. The molecule has 0 saturated heterocycles. The molecular formula is C14H25N3OS. The molecule has 0 amide bonds. The van der Waals surface area contributed by atoms with Gasteiger partial charge >= 0.3 is 0 Å². The molecule has 0 aromatic carbocycles. The van der Waals surface area contributed by atoms with Crippen molar-refractivity contribution in [1.29, 1.82) is 0 Å². The van der Waals surface area contributed by atoms with Gasteiger partial charge in [0.2, 0.25) is 5.89 Å². The summed E-state index contributed by atoms with van der Waals surface area (Å²) in [6.45, 7) is 4.44. The Kier molecular flexibility index (Phi) is 5.70. The van der Waals surface area contributed by atoms with Gasteiger partial charge in [0.25, 0.3) is 0 Å². The van der Waals surface area contributed by atoms with Crippen molar-refractivity contribution in [2.45, 2.75) is 57.7 Å². The van der Waals surface area contributed by atoms with E-state index in [0.717, 1.165) is 36.1 Å². The highest BCUT2D eigenvalue weighted by Crippen LogP contribution is 2.26. The van der Waals surface area contributed by atoms with Gasteiger partial charge in [-0.3, -0.25) is 0 Å². The number of nitrogens with zero attached hydrogens (tertiary/aromatic N) is 2. The Balaban J connectivity index is 1.79. The quantitative estimate of drug-likeness (QED) is 0.869. The van der Waals surface area contributed by atoms with Crippen LogP contribution in [0.5, 0.6) is 0 Å². The van der Waals surface area contributed by atoms with Crippen LogP contribution in [0.25, 0.3) is 0 Å². The van der Waals surface area contributed by atoms with Crippen LogP contribution in [0, 0.1) is 11.8 Å². The Bertz CT molecular complexity index is 381. The second-order valence-electron chi connectivity index (χ2n) is 5.93. The summed E-state index contributed by atoms with van der Waals surface area (Å²) in [6, 6.07) is 0.305. The molecule has 0 bridgehead atoms. The number of aromatic nitrogens is 2. The predicted octanol–water partition coefficient (Wildman–Crippen LogP) is 3.02. The molecule has 1 aromatic heterocycles. The zero-order chi connectivity index (χ0) is 13.7. The zero-order valence-corrected chi connectivity index (χ0v) is 12.8. The molecular weight excluding hydrogens is 258 g/mol. The van der Waals surface area contributed by atoms with Crippen molar-refractivity contribution in [3.63, 3.8) is 0 Å². The standard InChI is InChI=1S/C14H25N3OS/c1-10(2)8-19-9-13-16-14(18-17-13)7-11-5-3-4-6-12(11)15/h10-12H,3-9,15H2,1-2H3. The normalized spacial score (nSPS) is 24.0. The summed E-state index contributed by atoms with van der Waals surface area (Å²) in [5.74, 6) is 4.80. The van der Waals surface area contributed by atoms with Gasteiger partial charge in [-0.25, -0.2) is 0 Å². The van der Waals surface area contributed by atoms with Crippen LogP contribution in [-0.2, 0) is 12.2 Å². The van der Waals surface area contributed by atoms with Gasteiger partial charge < -0.3 is 10.3 Å². The van der Waals surface area contributed by atoms with Crippen molar-refractivity contribution in [2.24, 2.45) is 17.6 Å². The Morgan fingerprint density at radius 2 is 2.16 bits per heavy atom. The molecule has 0 radical (unpaired) electrons. The third kappa shape index (κ3) is 4.80. The van der Waals surface area contributed by atoms with Gasteiger partial charge in [-0.1, -0.05) is 31.8 Å². The maximum absolute atomic E-state index is 6.15. The Labute approximate surface area is 119 Å². The Morgan fingerprint density at radius 1 is 1.37 bits per heavy atom. The first-order chi connectivity index (χ1) is 9.15. The van der Waals surface area contributed by atoms with E-state index in [4.69, 9.17) is 10.3 Å². The third-order valence-corrected chi connectivity index (χ3v) is 4.96. The van der Waals surface area contributed by atoms with E-state index in [-0.39, 0.29) is 0 Å². The minimum Gasteiger partial charge on any atom is -0.339 e. The average Bonchev–Trinajstić information content (AvgIpc) is 2.79. The lowest BCUT2D eigenvalue weighted by Crippen LogP contribution is -2.34. The van der Waals surface area contributed by atoms with E-state index in [1.165, 1.54) is 19.3 Å². The maximum Gasteiger partial charge on any atom is 0.227 e. The van der Waals surface area contributed by atoms with Gasteiger partial charge in [-0.05, 0) is 30.4 Å². The number of rotatable bonds is 6. The molecule has 1 fully saturated rings. The smallest absolute Gasteiger partial charge is 0.227 e. The topological polar surface area (TPSA) is 64.9 Å². The molecule has 0 aliphatic heterocycles. The van der Waals surface area contributed by atoms with Crippen LogP contribution in [0.1, 0.15) is 51.2 Å². The van der Waals surface area contributed by atoms with Crippen LogP contribution >= 0.6 is 11.8 Å². The summed E-state index contributed by atoms with van der Waals surface area (Å²) in [4.78, 5) is 4.48. The first kappa shape index (κ1) is 14.9. The van der Waals surface area contributed by atoms with E-state index >= 15 is 0 Å². The van der Waals surface area contributed by atoms with Gasteiger partial charge in [-0.2, -0.15) is 16.7 Å². The number of hydrogen-bond donors (Lipinski definition) is 1. The lowest BCUT2D eigenvalue weighted by molar-refractivity contribution is 0.273. The summed E-state index contributed by atoms with van der Waals surface area (Å²) in [6.07, 6.45) is 5.72. The van der Waals surface area contributed by atoms with Gasteiger partial charge in [0.15, 0.2) is 5.82 Å².